The van der Waals surface area contributed by atoms with Crippen LogP contribution in [0, 0.1) is 0 Å². The summed E-state index contributed by atoms with van der Waals surface area (Å²) in [6.07, 6.45) is 7.20. The van der Waals surface area contributed by atoms with Crippen molar-refractivity contribution in [2.75, 3.05) is 19.8 Å². The molecule has 0 unspecified atom stereocenters. The number of hydrogen-bond donors (Lipinski definition) is 0. The fraction of sp³-hybridized carbons (Fsp3) is 0.640. The van der Waals surface area contributed by atoms with Crippen LogP contribution in [0.15, 0.2) is 27.9 Å². The molecule has 1 rings (SSSR count). The summed E-state index contributed by atoms with van der Waals surface area (Å²) in [5.41, 5.74) is 3.30. The Morgan fingerprint density at radius 2 is 1.42 bits per heavy atom. The lowest BCUT2D eigenvalue weighted by Gasteiger charge is -2.22. The van der Waals surface area contributed by atoms with Crippen molar-refractivity contribution in [2.45, 2.75) is 85.5 Å². The van der Waals surface area contributed by atoms with Gasteiger partial charge in [-0.05, 0) is 63.2 Å². The first-order valence-corrected chi connectivity index (χ1v) is 12.1. The van der Waals surface area contributed by atoms with Crippen molar-refractivity contribution in [3.63, 3.8) is 0 Å². The fourth-order valence-corrected chi connectivity index (χ4v) is 3.23. The van der Waals surface area contributed by atoms with E-state index < -0.39 is 0 Å². The molecule has 0 aliphatic heterocycles. The molecule has 0 bridgehead atoms. The van der Waals surface area contributed by atoms with Crippen molar-refractivity contribution < 1.29 is 14.3 Å². The molecule has 0 saturated carbocycles. The number of oxime groups is 1. The normalized spacial score (nSPS) is 10.9. The Balaban J connectivity index is 2.61. The number of benzene rings is 1. The molecule has 0 heterocycles. The zero-order valence-corrected chi connectivity index (χ0v) is 21.5. The Bertz CT molecular complexity index is 678. The third-order valence-corrected chi connectivity index (χ3v) is 5.03. The molecule has 1 aromatic carbocycles. The predicted molar refractivity (Wildman–Crippen MR) is 133 cm³/mol. The van der Waals surface area contributed by atoms with Gasteiger partial charge in [0.15, 0.2) is 0 Å². The molecule has 0 spiro atoms. The summed E-state index contributed by atoms with van der Waals surface area (Å²) < 4.78 is 12.4. The van der Waals surface area contributed by atoms with Gasteiger partial charge in [-0.1, -0.05) is 68.9 Å². The van der Waals surface area contributed by atoms with Crippen LogP contribution in [-0.2, 0) is 4.84 Å². The van der Waals surface area contributed by atoms with Gasteiger partial charge in [-0.3, -0.25) is 0 Å². The lowest BCUT2D eigenvalue weighted by molar-refractivity contribution is 0.139. The van der Waals surface area contributed by atoms with E-state index in [2.05, 4.69) is 45.0 Å². The van der Waals surface area contributed by atoms with Gasteiger partial charge in [0.2, 0.25) is 0 Å². The third kappa shape index (κ3) is 11.7. The second-order valence-corrected chi connectivity index (χ2v) is 9.54. The van der Waals surface area contributed by atoms with Crippen molar-refractivity contribution in [1.29, 1.82) is 0 Å². The molecule has 4 nitrogen and oxygen atoms in total. The van der Waals surface area contributed by atoms with Crippen molar-refractivity contribution in [3.05, 3.63) is 33.8 Å². The van der Waals surface area contributed by atoms with Gasteiger partial charge in [-0.25, -0.2) is 0 Å². The number of hydrogen-bond acceptors (Lipinski definition) is 4. The third-order valence-electron chi connectivity index (χ3n) is 4.73. The van der Waals surface area contributed by atoms with Crippen LogP contribution in [-0.4, -0.2) is 25.5 Å². The van der Waals surface area contributed by atoms with Crippen LogP contribution in [0.25, 0.3) is 0 Å². The quantitative estimate of drug-likeness (QED) is 0.146. The average Bonchev–Trinajstić information content (AvgIpc) is 2.68. The van der Waals surface area contributed by atoms with Crippen LogP contribution in [0.1, 0.15) is 96.6 Å². The van der Waals surface area contributed by atoms with Gasteiger partial charge >= 0.3 is 0 Å². The van der Waals surface area contributed by atoms with Crippen LogP contribution in [0.3, 0.4) is 0 Å². The Hall–Kier alpha value is -1.39. The fourth-order valence-electron chi connectivity index (χ4n) is 3.10. The molecule has 0 atom stereocenters. The molecule has 176 valence electrons. The van der Waals surface area contributed by atoms with Crippen molar-refractivity contribution in [1.82, 2.24) is 0 Å². The van der Waals surface area contributed by atoms with E-state index in [1.807, 2.05) is 13.8 Å². The highest BCUT2D eigenvalue weighted by Crippen LogP contribution is 2.38. The summed E-state index contributed by atoms with van der Waals surface area (Å²) in [6, 6.07) is 4.14. The van der Waals surface area contributed by atoms with E-state index >= 15 is 0 Å². The number of ether oxygens (including phenoxy) is 2. The lowest BCUT2D eigenvalue weighted by atomic mass is 9.93. The van der Waals surface area contributed by atoms with Crippen LogP contribution < -0.4 is 9.47 Å². The summed E-state index contributed by atoms with van der Waals surface area (Å²) in [5, 5.41) is 3.95. The van der Waals surface area contributed by atoms with E-state index in [9.17, 15) is 0 Å². The molecular weight excluding hydrogens is 433 g/mol. The lowest BCUT2D eigenvalue weighted by Crippen LogP contribution is -2.07. The van der Waals surface area contributed by atoms with Crippen LogP contribution in [0.5, 0.6) is 11.5 Å². The smallest absolute Gasteiger partial charge is 0.126 e. The van der Waals surface area contributed by atoms with Crippen molar-refractivity contribution >= 4 is 28.9 Å². The Morgan fingerprint density at radius 1 is 0.871 bits per heavy atom. The van der Waals surface area contributed by atoms with Crippen molar-refractivity contribution in [2.24, 2.45) is 5.16 Å². The topological polar surface area (TPSA) is 40.0 Å². The second-order valence-electron chi connectivity index (χ2n) is 8.53. The molecule has 0 saturated heterocycles. The minimum absolute atomic E-state index is 0.213. The summed E-state index contributed by atoms with van der Waals surface area (Å²) in [4.78, 5) is 5.23. The molecule has 1 aromatic rings. The average molecular weight is 472 g/mol. The van der Waals surface area contributed by atoms with E-state index in [0.29, 0.717) is 25.0 Å². The van der Waals surface area contributed by atoms with E-state index in [0.717, 1.165) is 49.5 Å². The highest BCUT2D eigenvalue weighted by atomic mass is 35.5. The monoisotopic (exact) mass is 471 g/mol. The maximum Gasteiger partial charge on any atom is 0.126 e. The SMILES string of the molecule is CC(C)=NOCCCCCCCOc1c(C(C)C)cc(OCC=C(Cl)Cl)cc1C(C)C. The molecule has 6 heteroatoms. The number of halogens is 2. The zero-order chi connectivity index (χ0) is 23.2. The molecule has 0 aliphatic rings. The minimum Gasteiger partial charge on any atom is -0.493 e. The van der Waals surface area contributed by atoms with Gasteiger partial charge in [-0.2, -0.15) is 0 Å². The summed E-state index contributed by atoms with van der Waals surface area (Å²) in [6.45, 7) is 14.3. The largest absolute Gasteiger partial charge is 0.493 e. The van der Waals surface area contributed by atoms with Crippen LogP contribution >= 0.6 is 23.2 Å². The molecule has 0 aromatic heterocycles. The summed E-state index contributed by atoms with van der Waals surface area (Å²) in [5.74, 6) is 2.48. The highest BCUT2D eigenvalue weighted by Gasteiger charge is 2.18. The van der Waals surface area contributed by atoms with E-state index in [1.165, 1.54) is 17.5 Å². The van der Waals surface area contributed by atoms with Gasteiger partial charge in [0.25, 0.3) is 0 Å². The molecule has 0 fully saturated rings. The first-order chi connectivity index (χ1) is 14.7. The Kier molecular flexibility index (Phi) is 13.7. The van der Waals surface area contributed by atoms with Gasteiger partial charge in [-0.15, -0.1) is 0 Å². The molecule has 0 amide bonds. The van der Waals surface area contributed by atoms with Gasteiger partial charge in [0, 0.05) is 11.1 Å². The molecule has 0 radical (unpaired) electrons. The van der Waals surface area contributed by atoms with Gasteiger partial charge < -0.3 is 14.3 Å². The predicted octanol–water partition coefficient (Wildman–Crippen LogP) is 8.37. The van der Waals surface area contributed by atoms with Crippen molar-refractivity contribution in [3.8, 4) is 11.5 Å². The zero-order valence-electron chi connectivity index (χ0n) is 20.0. The Labute approximate surface area is 198 Å². The summed E-state index contributed by atoms with van der Waals surface area (Å²) >= 11 is 11.4. The molecule has 0 aliphatic carbocycles. The number of unbranched alkanes of at least 4 members (excludes halogenated alkanes) is 4. The second kappa shape index (κ2) is 15.4. The van der Waals surface area contributed by atoms with E-state index in [1.54, 1.807) is 6.08 Å². The Morgan fingerprint density at radius 3 is 1.94 bits per heavy atom. The van der Waals surface area contributed by atoms with Crippen LogP contribution in [0.2, 0.25) is 0 Å². The van der Waals surface area contributed by atoms with Gasteiger partial charge in [0.1, 0.15) is 29.2 Å². The highest BCUT2D eigenvalue weighted by molar-refractivity contribution is 6.55. The van der Waals surface area contributed by atoms with Crippen LogP contribution in [0.4, 0.5) is 0 Å². The molecule has 31 heavy (non-hydrogen) atoms. The maximum atomic E-state index is 6.31. The molecule has 0 N–H and O–H groups in total. The standard InChI is InChI=1S/C25H39Cl2NO3/c1-18(2)22-16-21(29-15-12-24(26)27)17-23(19(3)4)25(22)30-13-10-8-7-9-11-14-31-28-20(5)6/h12,16-19H,7-11,13-15H2,1-6H3. The number of nitrogens with zero attached hydrogens (tertiary/aromatic N) is 1. The van der Waals surface area contributed by atoms with E-state index in [4.69, 9.17) is 37.5 Å². The minimum atomic E-state index is 0.213. The van der Waals surface area contributed by atoms with E-state index in [-0.39, 0.29) is 4.49 Å². The molecular formula is C25H39Cl2NO3. The first kappa shape index (κ1) is 27.6. The number of rotatable bonds is 15. The van der Waals surface area contributed by atoms with Gasteiger partial charge in [0.05, 0.1) is 12.3 Å². The first-order valence-electron chi connectivity index (χ1n) is 11.3. The summed E-state index contributed by atoms with van der Waals surface area (Å²) in [7, 11) is 0. The maximum absolute atomic E-state index is 6.31.